The smallest absolute Gasteiger partial charge is 0.253 e. The fourth-order valence-electron chi connectivity index (χ4n) is 3.82. The summed E-state index contributed by atoms with van der Waals surface area (Å²) in [7, 11) is 1.68. The van der Waals surface area contributed by atoms with Crippen LogP contribution < -0.4 is 16.0 Å². The Bertz CT molecular complexity index is 514. The zero-order chi connectivity index (χ0) is 14.1. The van der Waals surface area contributed by atoms with Crippen LogP contribution in [0.5, 0.6) is 0 Å². The number of nitrogen functional groups attached to an aromatic ring is 1. The molecule has 108 valence electrons. The summed E-state index contributed by atoms with van der Waals surface area (Å²) in [4.78, 5) is 14.5. The van der Waals surface area contributed by atoms with Crippen molar-refractivity contribution in [3.05, 3.63) is 23.8 Å². The molecule has 0 aromatic heterocycles. The van der Waals surface area contributed by atoms with Crippen LogP contribution in [0, 0.1) is 5.92 Å². The highest BCUT2D eigenvalue weighted by atomic mass is 16.1. The highest BCUT2D eigenvalue weighted by Crippen LogP contribution is 2.40. The number of anilines is 2. The van der Waals surface area contributed by atoms with Gasteiger partial charge < -0.3 is 16.0 Å². The number of nitrogens with zero attached hydrogens (tertiary/aromatic N) is 1. The van der Waals surface area contributed by atoms with Gasteiger partial charge in [-0.15, -0.1) is 0 Å². The number of hydrogen-bond donors (Lipinski definition) is 2. The van der Waals surface area contributed by atoms with Gasteiger partial charge in [-0.2, -0.15) is 0 Å². The standard InChI is InChI=1S/C16H23N3O/c1-18-16(20)13-7-6-12(17)10-15(13)19-9-8-11-4-2-3-5-14(11)19/h6-7,10-11,14H,2-5,8-9,17H2,1H3,(H,18,20). The maximum atomic E-state index is 12.1. The first kappa shape index (κ1) is 13.3. The number of rotatable bonds is 2. The van der Waals surface area contributed by atoms with Crippen molar-refractivity contribution >= 4 is 17.3 Å². The van der Waals surface area contributed by atoms with Gasteiger partial charge in [-0.1, -0.05) is 12.8 Å². The number of amides is 1. The average molecular weight is 273 g/mol. The van der Waals surface area contributed by atoms with Crippen molar-refractivity contribution in [3.63, 3.8) is 0 Å². The summed E-state index contributed by atoms with van der Waals surface area (Å²) in [5.41, 5.74) is 8.43. The summed E-state index contributed by atoms with van der Waals surface area (Å²) in [5, 5.41) is 2.73. The van der Waals surface area contributed by atoms with Crippen molar-refractivity contribution in [3.8, 4) is 0 Å². The molecule has 1 amide bonds. The molecular formula is C16H23N3O. The second kappa shape index (κ2) is 5.35. The van der Waals surface area contributed by atoms with Crippen LogP contribution >= 0.6 is 0 Å². The molecule has 1 saturated heterocycles. The van der Waals surface area contributed by atoms with E-state index in [1.54, 1.807) is 7.05 Å². The molecule has 0 radical (unpaired) electrons. The lowest BCUT2D eigenvalue weighted by Gasteiger charge is -2.34. The van der Waals surface area contributed by atoms with Crippen LogP contribution in [0.2, 0.25) is 0 Å². The third-order valence-corrected chi connectivity index (χ3v) is 4.81. The summed E-state index contributed by atoms with van der Waals surface area (Å²) in [6, 6.07) is 6.21. The molecule has 1 aromatic rings. The third-order valence-electron chi connectivity index (χ3n) is 4.81. The van der Waals surface area contributed by atoms with Crippen molar-refractivity contribution in [2.45, 2.75) is 38.1 Å². The third kappa shape index (κ3) is 2.23. The van der Waals surface area contributed by atoms with Crippen molar-refractivity contribution in [1.29, 1.82) is 0 Å². The van der Waals surface area contributed by atoms with Crippen LogP contribution in [0.15, 0.2) is 18.2 Å². The lowest BCUT2D eigenvalue weighted by molar-refractivity contribution is 0.0963. The maximum Gasteiger partial charge on any atom is 0.253 e. The summed E-state index contributed by atoms with van der Waals surface area (Å²) >= 11 is 0. The molecule has 3 rings (SSSR count). The molecule has 2 unspecified atom stereocenters. The van der Waals surface area contributed by atoms with Crippen LogP contribution in [-0.2, 0) is 0 Å². The molecule has 4 nitrogen and oxygen atoms in total. The van der Waals surface area contributed by atoms with Gasteiger partial charge >= 0.3 is 0 Å². The van der Waals surface area contributed by atoms with E-state index in [1.165, 1.54) is 32.1 Å². The van der Waals surface area contributed by atoms with Gasteiger partial charge in [0.05, 0.1) is 11.3 Å². The van der Waals surface area contributed by atoms with Crippen LogP contribution in [0.3, 0.4) is 0 Å². The lowest BCUT2D eigenvalue weighted by Crippen LogP contribution is -2.36. The minimum absolute atomic E-state index is 0.0285. The molecule has 20 heavy (non-hydrogen) atoms. The van der Waals surface area contributed by atoms with E-state index in [1.807, 2.05) is 18.2 Å². The van der Waals surface area contributed by atoms with E-state index in [4.69, 9.17) is 5.73 Å². The monoisotopic (exact) mass is 273 g/mol. The van der Waals surface area contributed by atoms with E-state index in [-0.39, 0.29) is 5.91 Å². The molecule has 1 aliphatic carbocycles. The van der Waals surface area contributed by atoms with Gasteiger partial charge in [0.2, 0.25) is 0 Å². The van der Waals surface area contributed by atoms with Gasteiger partial charge in [0, 0.05) is 25.3 Å². The molecule has 3 N–H and O–H groups in total. The number of carbonyl (C=O) groups is 1. The van der Waals surface area contributed by atoms with E-state index in [9.17, 15) is 4.79 Å². The van der Waals surface area contributed by atoms with E-state index < -0.39 is 0 Å². The van der Waals surface area contributed by atoms with Gasteiger partial charge in [-0.3, -0.25) is 4.79 Å². The summed E-state index contributed by atoms with van der Waals surface area (Å²) in [6.07, 6.45) is 6.47. The number of hydrogen-bond acceptors (Lipinski definition) is 3. The van der Waals surface area contributed by atoms with Gasteiger partial charge in [0.1, 0.15) is 0 Å². The Balaban J connectivity index is 1.96. The Morgan fingerprint density at radius 2 is 2.10 bits per heavy atom. The fraction of sp³-hybridized carbons (Fsp3) is 0.562. The summed E-state index contributed by atoms with van der Waals surface area (Å²) in [6.45, 7) is 1.04. The van der Waals surface area contributed by atoms with Crippen molar-refractivity contribution in [2.24, 2.45) is 5.92 Å². The Labute approximate surface area is 120 Å². The minimum Gasteiger partial charge on any atom is -0.399 e. The van der Waals surface area contributed by atoms with Crippen molar-refractivity contribution in [1.82, 2.24) is 5.32 Å². The quantitative estimate of drug-likeness (QED) is 0.813. The predicted molar refractivity (Wildman–Crippen MR) is 82.0 cm³/mol. The zero-order valence-electron chi connectivity index (χ0n) is 12.1. The van der Waals surface area contributed by atoms with Crippen LogP contribution in [0.1, 0.15) is 42.5 Å². The number of carbonyl (C=O) groups excluding carboxylic acids is 1. The molecule has 1 heterocycles. The van der Waals surface area contributed by atoms with Gasteiger partial charge in [0.25, 0.3) is 5.91 Å². The molecule has 2 atom stereocenters. The summed E-state index contributed by atoms with van der Waals surface area (Å²) in [5.74, 6) is 0.766. The fourth-order valence-corrected chi connectivity index (χ4v) is 3.82. The molecule has 2 aliphatic rings. The molecule has 0 bridgehead atoms. The number of benzene rings is 1. The number of nitrogens with two attached hydrogens (primary N) is 1. The van der Waals surface area contributed by atoms with Gasteiger partial charge in [-0.05, 0) is 43.4 Å². The Morgan fingerprint density at radius 1 is 1.30 bits per heavy atom. The number of nitrogens with one attached hydrogen (secondary N) is 1. The summed E-state index contributed by atoms with van der Waals surface area (Å²) < 4.78 is 0. The Morgan fingerprint density at radius 3 is 2.90 bits per heavy atom. The normalized spacial score (nSPS) is 25.4. The molecule has 1 saturated carbocycles. The van der Waals surface area contributed by atoms with E-state index in [2.05, 4.69) is 10.2 Å². The topological polar surface area (TPSA) is 58.4 Å². The highest BCUT2D eigenvalue weighted by Gasteiger charge is 2.36. The lowest BCUT2D eigenvalue weighted by atomic mass is 9.85. The first-order valence-corrected chi connectivity index (χ1v) is 7.59. The predicted octanol–water partition coefficient (Wildman–Crippen LogP) is 2.40. The highest BCUT2D eigenvalue weighted by molar-refractivity contribution is 6.00. The number of fused-ring (bicyclic) bond motifs is 1. The first-order valence-electron chi connectivity index (χ1n) is 7.59. The van der Waals surface area contributed by atoms with Crippen LogP contribution in [0.4, 0.5) is 11.4 Å². The second-order valence-corrected chi connectivity index (χ2v) is 5.95. The van der Waals surface area contributed by atoms with Crippen molar-refractivity contribution < 1.29 is 4.79 Å². The molecular weight excluding hydrogens is 250 g/mol. The van der Waals surface area contributed by atoms with Crippen LogP contribution in [0.25, 0.3) is 0 Å². The van der Waals surface area contributed by atoms with E-state index in [0.29, 0.717) is 6.04 Å². The Hall–Kier alpha value is -1.71. The first-order chi connectivity index (χ1) is 9.70. The maximum absolute atomic E-state index is 12.1. The van der Waals surface area contributed by atoms with Gasteiger partial charge in [-0.25, -0.2) is 0 Å². The van der Waals surface area contributed by atoms with E-state index >= 15 is 0 Å². The Kier molecular flexibility index (Phi) is 3.55. The van der Waals surface area contributed by atoms with Gasteiger partial charge in [0.15, 0.2) is 0 Å². The molecule has 0 spiro atoms. The van der Waals surface area contributed by atoms with Crippen LogP contribution in [-0.4, -0.2) is 25.5 Å². The second-order valence-electron chi connectivity index (χ2n) is 5.95. The molecule has 1 aliphatic heterocycles. The average Bonchev–Trinajstić information content (AvgIpc) is 2.90. The SMILES string of the molecule is CNC(=O)c1ccc(N)cc1N1CCC2CCCCC21. The zero-order valence-corrected chi connectivity index (χ0v) is 12.1. The molecule has 4 heteroatoms. The van der Waals surface area contributed by atoms with Crippen molar-refractivity contribution in [2.75, 3.05) is 24.2 Å². The largest absolute Gasteiger partial charge is 0.399 e. The minimum atomic E-state index is -0.0285. The molecule has 2 fully saturated rings. The van der Waals surface area contributed by atoms with E-state index in [0.717, 1.165) is 29.4 Å². The molecule has 1 aromatic carbocycles.